The van der Waals surface area contributed by atoms with Gasteiger partial charge in [-0.1, -0.05) is 164 Å². The van der Waals surface area contributed by atoms with Crippen molar-refractivity contribution in [2.75, 3.05) is 13.2 Å². The summed E-state index contributed by atoms with van der Waals surface area (Å²) in [6, 6.07) is 0. The lowest BCUT2D eigenvalue weighted by Crippen LogP contribution is -2.61. The minimum absolute atomic E-state index is 0.0434. The van der Waals surface area contributed by atoms with Gasteiger partial charge in [-0.2, -0.15) is 0 Å². The van der Waals surface area contributed by atoms with Gasteiger partial charge in [-0.05, 0) is 103 Å². The molecular formula is C57H94O12. The Labute approximate surface area is 417 Å². The molecule has 1 rings (SSSR count). The van der Waals surface area contributed by atoms with Crippen molar-refractivity contribution in [2.45, 2.75) is 250 Å². The van der Waals surface area contributed by atoms with Crippen molar-refractivity contribution in [3.05, 3.63) is 72.9 Å². The lowest BCUT2D eigenvalue weighted by molar-refractivity contribution is -0.301. The maximum Gasteiger partial charge on any atom is 0.335 e. The Morgan fingerprint density at radius 2 is 0.928 bits per heavy atom. The number of hydrogen-bond donors (Lipinski definition) is 3. The molecule has 394 valence electrons. The smallest absolute Gasteiger partial charge is 0.335 e. The van der Waals surface area contributed by atoms with Crippen molar-refractivity contribution in [3.8, 4) is 0 Å². The Balaban J connectivity index is 2.76. The van der Waals surface area contributed by atoms with Crippen molar-refractivity contribution < 1.29 is 58.2 Å². The number of aliphatic hydroxyl groups excluding tert-OH is 2. The number of hydrogen-bond acceptors (Lipinski definition) is 11. The van der Waals surface area contributed by atoms with Gasteiger partial charge in [-0.25, -0.2) is 4.79 Å². The fourth-order valence-corrected chi connectivity index (χ4v) is 7.57. The standard InChI is InChI=1S/C57H94O12/c1-4-7-10-13-16-19-22-24-25-27-29-31-34-37-40-43-49(58)65-46-48(67-50(59)44-41-38-35-32-28-21-18-15-12-9-6-3)47-66-57-55(53(62)52(61)54(69-57)56(63)64)68-51(60)45-42-39-36-33-30-26-23-20-17-14-11-8-5-2/h7,10,15-16,18-20,23-25,29,31,48,52-55,57,61-62H,4-6,8-9,11-14,17,21-22,26-28,30,32-47H2,1-3H3,(H,63,64)/b10-7-,18-15-,19-16-,23-20-,25-24-,31-29-. The van der Waals surface area contributed by atoms with E-state index in [-0.39, 0.29) is 25.9 Å². The topological polar surface area (TPSA) is 175 Å². The van der Waals surface area contributed by atoms with Crippen LogP contribution in [0.1, 0.15) is 213 Å². The summed E-state index contributed by atoms with van der Waals surface area (Å²) in [5.74, 6) is -3.20. The van der Waals surface area contributed by atoms with Crippen LogP contribution in [0.2, 0.25) is 0 Å². The van der Waals surface area contributed by atoms with Crippen LogP contribution in [0.5, 0.6) is 0 Å². The molecule has 12 nitrogen and oxygen atoms in total. The molecule has 0 amide bonds. The molecule has 0 spiro atoms. The van der Waals surface area contributed by atoms with Crippen molar-refractivity contribution in [1.82, 2.24) is 0 Å². The summed E-state index contributed by atoms with van der Waals surface area (Å²) in [5, 5.41) is 31.3. The van der Waals surface area contributed by atoms with Gasteiger partial charge in [0, 0.05) is 19.3 Å². The van der Waals surface area contributed by atoms with E-state index in [0.717, 1.165) is 116 Å². The SMILES string of the molecule is CC/C=C\C/C=C\C/C=C\C/C=C\CCCCC(=O)OCC(COC1OC(C(=O)O)C(O)C(O)C1OC(=O)CCCCCCC/C=C\CCCCCC)OC(=O)CCCCCCC/C=C\CCCC. The molecular weight excluding hydrogens is 877 g/mol. The largest absolute Gasteiger partial charge is 0.479 e. The van der Waals surface area contributed by atoms with Crippen LogP contribution in [-0.2, 0) is 42.9 Å². The van der Waals surface area contributed by atoms with E-state index in [1.54, 1.807) is 0 Å². The second-order valence-electron chi connectivity index (χ2n) is 18.1. The number of unbranched alkanes of at least 4 members (excludes halogenated alkanes) is 18. The second kappa shape index (κ2) is 45.3. The number of carbonyl (C=O) groups is 4. The quantitative estimate of drug-likeness (QED) is 0.0228. The fraction of sp³-hybridized carbons (Fsp3) is 0.719. The number of carboxylic acid groups (broad SMARTS) is 1. The predicted octanol–water partition coefficient (Wildman–Crippen LogP) is 13.0. The van der Waals surface area contributed by atoms with Gasteiger partial charge in [0.1, 0.15) is 18.8 Å². The van der Waals surface area contributed by atoms with Crippen LogP contribution in [-0.4, -0.2) is 89.2 Å². The first-order chi connectivity index (χ1) is 33.6. The highest BCUT2D eigenvalue weighted by atomic mass is 16.7. The van der Waals surface area contributed by atoms with Crippen LogP contribution in [0, 0.1) is 0 Å². The van der Waals surface area contributed by atoms with E-state index in [1.165, 1.54) is 38.5 Å². The van der Waals surface area contributed by atoms with Gasteiger partial charge in [0.15, 0.2) is 24.6 Å². The normalized spacial score (nSPS) is 19.2. The average Bonchev–Trinajstić information content (AvgIpc) is 3.33. The molecule has 0 aromatic carbocycles. The number of carbonyl (C=O) groups excluding carboxylic acids is 3. The van der Waals surface area contributed by atoms with E-state index >= 15 is 0 Å². The predicted molar refractivity (Wildman–Crippen MR) is 275 cm³/mol. The van der Waals surface area contributed by atoms with Crippen LogP contribution in [0.15, 0.2) is 72.9 Å². The Hall–Kier alpha value is -3.84. The van der Waals surface area contributed by atoms with E-state index in [0.29, 0.717) is 19.3 Å². The first kappa shape index (κ1) is 63.2. The molecule has 6 atom stereocenters. The molecule has 1 fully saturated rings. The van der Waals surface area contributed by atoms with Crippen LogP contribution in [0.3, 0.4) is 0 Å². The van der Waals surface area contributed by atoms with Crippen LogP contribution < -0.4 is 0 Å². The number of aliphatic carboxylic acids is 1. The molecule has 0 aromatic heterocycles. The van der Waals surface area contributed by atoms with E-state index in [9.17, 15) is 34.5 Å². The number of rotatable bonds is 44. The molecule has 0 saturated carbocycles. The molecule has 3 N–H and O–H groups in total. The van der Waals surface area contributed by atoms with Gasteiger partial charge in [-0.3, -0.25) is 14.4 Å². The first-order valence-corrected chi connectivity index (χ1v) is 26.9. The zero-order chi connectivity index (χ0) is 50.4. The molecule has 0 radical (unpaired) electrons. The monoisotopic (exact) mass is 971 g/mol. The number of allylic oxidation sites excluding steroid dienone is 12. The molecule has 0 aromatic rings. The Bertz CT molecular complexity index is 1480. The molecule has 0 aliphatic carbocycles. The summed E-state index contributed by atoms with van der Waals surface area (Å²) in [6.45, 7) is 5.74. The lowest BCUT2D eigenvalue weighted by atomic mass is 9.98. The number of carboxylic acids is 1. The minimum Gasteiger partial charge on any atom is -0.479 e. The summed E-state index contributed by atoms with van der Waals surface area (Å²) in [4.78, 5) is 50.8. The van der Waals surface area contributed by atoms with Gasteiger partial charge in [0.25, 0.3) is 0 Å². The first-order valence-electron chi connectivity index (χ1n) is 26.9. The summed E-state index contributed by atoms with van der Waals surface area (Å²) >= 11 is 0. The van der Waals surface area contributed by atoms with Gasteiger partial charge in [-0.15, -0.1) is 0 Å². The van der Waals surface area contributed by atoms with E-state index < -0.39 is 67.3 Å². The fourth-order valence-electron chi connectivity index (χ4n) is 7.57. The molecule has 6 unspecified atom stereocenters. The van der Waals surface area contributed by atoms with Crippen molar-refractivity contribution in [3.63, 3.8) is 0 Å². The van der Waals surface area contributed by atoms with Gasteiger partial charge < -0.3 is 39.0 Å². The van der Waals surface area contributed by atoms with Gasteiger partial charge >= 0.3 is 23.9 Å². The third-order valence-corrected chi connectivity index (χ3v) is 11.7. The van der Waals surface area contributed by atoms with E-state index in [1.807, 2.05) is 0 Å². The third-order valence-electron chi connectivity index (χ3n) is 11.7. The number of esters is 3. The zero-order valence-corrected chi connectivity index (χ0v) is 43.0. The molecule has 1 aliphatic rings. The highest BCUT2D eigenvalue weighted by molar-refractivity contribution is 5.74. The molecule has 1 saturated heterocycles. The maximum absolute atomic E-state index is 13.1. The summed E-state index contributed by atoms with van der Waals surface area (Å²) in [5.41, 5.74) is 0. The van der Waals surface area contributed by atoms with Gasteiger partial charge in [0.2, 0.25) is 0 Å². The molecule has 0 bridgehead atoms. The summed E-state index contributed by atoms with van der Waals surface area (Å²) in [7, 11) is 0. The number of ether oxygens (including phenoxy) is 5. The van der Waals surface area contributed by atoms with Crippen molar-refractivity contribution in [2.24, 2.45) is 0 Å². The van der Waals surface area contributed by atoms with Crippen LogP contribution >= 0.6 is 0 Å². The molecule has 1 heterocycles. The maximum atomic E-state index is 13.1. The molecule has 12 heteroatoms. The molecule has 1 aliphatic heterocycles. The van der Waals surface area contributed by atoms with Gasteiger partial charge in [0.05, 0.1) is 6.61 Å². The summed E-state index contributed by atoms with van der Waals surface area (Å²) < 4.78 is 28.2. The van der Waals surface area contributed by atoms with E-state index in [2.05, 4.69) is 93.7 Å². The molecule has 69 heavy (non-hydrogen) atoms. The van der Waals surface area contributed by atoms with E-state index in [4.69, 9.17) is 23.7 Å². The van der Waals surface area contributed by atoms with Crippen molar-refractivity contribution in [1.29, 1.82) is 0 Å². The van der Waals surface area contributed by atoms with Crippen LogP contribution in [0.25, 0.3) is 0 Å². The Morgan fingerprint density at radius 3 is 1.48 bits per heavy atom. The Kier molecular flexibility index (Phi) is 41.5. The zero-order valence-electron chi connectivity index (χ0n) is 43.0. The summed E-state index contributed by atoms with van der Waals surface area (Å²) in [6.07, 6.45) is 43.2. The highest BCUT2D eigenvalue weighted by Crippen LogP contribution is 2.26. The highest BCUT2D eigenvalue weighted by Gasteiger charge is 2.50. The Morgan fingerprint density at radius 1 is 0.493 bits per heavy atom. The van der Waals surface area contributed by atoms with Crippen LogP contribution in [0.4, 0.5) is 0 Å². The average molecular weight is 971 g/mol. The third kappa shape index (κ3) is 35.8. The second-order valence-corrected chi connectivity index (χ2v) is 18.1. The number of aliphatic hydroxyl groups is 2. The van der Waals surface area contributed by atoms with Crippen molar-refractivity contribution >= 4 is 23.9 Å². The minimum atomic E-state index is -1.91. The lowest BCUT2D eigenvalue weighted by Gasteiger charge is -2.40.